The summed E-state index contributed by atoms with van der Waals surface area (Å²) < 4.78 is 26.7. The van der Waals surface area contributed by atoms with Crippen molar-refractivity contribution in [1.29, 1.82) is 0 Å². The molecule has 30 heavy (non-hydrogen) atoms. The number of carboxylic acid groups (broad SMARTS) is 1. The van der Waals surface area contributed by atoms with E-state index in [4.69, 9.17) is 5.11 Å². The van der Waals surface area contributed by atoms with Crippen LogP contribution in [0.1, 0.15) is 46.7 Å². The Morgan fingerprint density at radius 2 is 1.73 bits per heavy atom. The lowest BCUT2D eigenvalue weighted by Crippen LogP contribution is -2.30. The van der Waals surface area contributed by atoms with Crippen molar-refractivity contribution in [3.8, 4) is 0 Å². The number of sulfonamides is 1. The predicted molar refractivity (Wildman–Crippen MR) is 108 cm³/mol. The van der Waals surface area contributed by atoms with Crippen LogP contribution in [0.4, 0.5) is 0 Å². The summed E-state index contributed by atoms with van der Waals surface area (Å²) in [6.07, 6.45) is 1.98. The van der Waals surface area contributed by atoms with Crippen LogP contribution in [0.3, 0.4) is 0 Å². The van der Waals surface area contributed by atoms with E-state index in [1.54, 1.807) is 12.1 Å². The van der Waals surface area contributed by atoms with Gasteiger partial charge in [-0.2, -0.15) is 0 Å². The van der Waals surface area contributed by atoms with Gasteiger partial charge in [-0.25, -0.2) is 22.9 Å². The highest BCUT2D eigenvalue weighted by Gasteiger charge is 2.19. The first-order valence-electron chi connectivity index (χ1n) is 9.20. The third kappa shape index (κ3) is 6.66. The Bertz CT molecular complexity index is 1020. The molecule has 0 aliphatic carbocycles. The lowest BCUT2D eigenvalue weighted by atomic mass is 10.1. The Morgan fingerprint density at radius 1 is 1.07 bits per heavy atom. The molecular weight excluding hydrogens is 410 g/mol. The molecule has 3 N–H and O–H groups in total. The molecule has 0 aliphatic rings. The number of carboxylic acids is 1. The Morgan fingerprint density at radius 3 is 2.27 bits per heavy atom. The molecule has 0 saturated carbocycles. The number of nitrogens with one attached hydrogen (secondary N) is 2. The summed E-state index contributed by atoms with van der Waals surface area (Å²) in [5.74, 6) is -1.93. The van der Waals surface area contributed by atoms with Gasteiger partial charge in [0.1, 0.15) is 5.69 Å². The third-order valence-electron chi connectivity index (χ3n) is 4.03. The highest BCUT2D eigenvalue weighted by atomic mass is 32.2. The van der Waals surface area contributed by atoms with Gasteiger partial charge in [-0.15, -0.1) is 0 Å². The van der Waals surface area contributed by atoms with Crippen LogP contribution in [0.2, 0.25) is 0 Å². The van der Waals surface area contributed by atoms with Crippen LogP contribution < -0.4 is 10.0 Å². The quantitative estimate of drug-likeness (QED) is 0.545. The fraction of sp³-hybridized carbons (Fsp3) is 0.300. The van der Waals surface area contributed by atoms with Gasteiger partial charge in [-0.05, 0) is 42.2 Å². The molecule has 0 spiro atoms. The van der Waals surface area contributed by atoms with Gasteiger partial charge in [-0.3, -0.25) is 9.59 Å². The smallest absolute Gasteiger partial charge is 0.354 e. The van der Waals surface area contributed by atoms with Gasteiger partial charge in [-0.1, -0.05) is 26.0 Å². The maximum Gasteiger partial charge on any atom is 0.354 e. The summed E-state index contributed by atoms with van der Waals surface area (Å²) in [6, 6.07) is 8.24. The van der Waals surface area contributed by atoms with E-state index < -0.39 is 21.9 Å². The zero-order chi connectivity index (χ0) is 22.3. The summed E-state index contributed by atoms with van der Waals surface area (Å²) in [5.41, 5.74) is 0.487. The van der Waals surface area contributed by atoms with Crippen molar-refractivity contribution in [2.24, 2.45) is 5.92 Å². The second-order valence-corrected chi connectivity index (χ2v) is 8.70. The number of carbonyl (C=O) groups excluding carboxylic acids is 2. The van der Waals surface area contributed by atoms with Crippen LogP contribution in [0.25, 0.3) is 0 Å². The van der Waals surface area contributed by atoms with Crippen LogP contribution in [0.5, 0.6) is 0 Å². The van der Waals surface area contributed by atoms with Gasteiger partial charge in [0.25, 0.3) is 15.9 Å². The molecule has 2 rings (SSSR count). The van der Waals surface area contributed by atoms with Crippen molar-refractivity contribution in [2.75, 3.05) is 6.54 Å². The Hall–Kier alpha value is -3.27. The van der Waals surface area contributed by atoms with Crippen molar-refractivity contribution in [3.05, 3.63) is 59.4 Å². The minimum Gasteiger partial charge on any atom is -0.477 e. The molecule has 0 unspecified atom stereocenters. The largest absolute Gasteiger partial charge is 0.477 e. The van der Waals surface area contributed by atoms with Crippen LogP contribution in [-0.2, 0) is 21.2 Å². The van der Waals surface area contributed by atoms with E-state index in [-0.39, 0.29) is 28.0 Å². The zero-order valence-corrected chi connectivity index (χ0v) is 17.4. The maximum atomic E-state index is 12.4. The van der Waals surface area contributed by atoms with E-state index >= 15 is 0 Å². The van der Waals surface area contributed by atoms with Crippen molar-refractivity contribution in [2.45, 2.75) is 31.6 Å². The first kappa shape index (κ1) is 23.0. The first-order chi connectivity index (χ1) is 14.1. The molecule has 9 nitrogen and oxygen atoms in total. The minimum atomic E-state index is -4.11. The number of aromatic nitrogens is 1. The number of hydrogen-bond acceptors (Lipinski definition) is 6. The summed E-state index contributed by atoms with van der Waals surface area (Å²) in [5, 5.41) is 11.6. The monoisotopic (exact) mass is 433 g/mol. The van der Waals surface area contributed by atoms with Gasteiger partial charge >= 0.3 is 5.97 Å². The van der Waals surface area contributed by atoms with Crippen LogP contribution in [0, 0.1) is 5.92 Å². The molecule has 10 heteroatoms. The lowest BCUT2D eigenvalue weighted by Gasteiger charge is -2.09. The maximum absolute atomic E-state index is 12.4. The number of amides is 2. The second kappa shape index (κ2) is 9.97. The molecule has 0 aliphatic heterocycles. The average Bonchev–Trinajstić information content (AvgIpc) is 2.67. The fourth-order valence-electron chi connectivity index (χ4n) is 2.52. The fourth-order valence-corrected chi connectivity index (χ4v) is 3.49. The summed E-state index contributed by atoms with van der Waals surface area (Å²) >= 11 is 0. The summed E-state index contributed by atoms with van der Waals surface area (Å²) in [4.78, 5) is 38.1. The molecule has 1 aromatic heterocycles. The molecule has 0 bridgehead atoms. The Balaban J connectivity index is 1.96. The van der Waals surface area contributed by atoms with Gasteiger partial charge in [0.15, 0.2) is 0 Å². The first-order valence-corrected chi connectivity index (χ1v) is 10.7. The molecule has 0 radical (unpaired) electrons. The van der Waals surface area contributed by atoms with Crippen molar-refractivity contribution in [1.82, 2.24) is 15.0 Å². The molecule has 1 heterocycles. The molecular formula is C20H23N3O6S. The number of benzene rings is 1. The standard InChI is InChI=1S/C20H23N3O6S/c1-13(2)11-18(24)21-10-9-14-3-6-16(7-4-14)30(28,29)23-19(25)15-5-8-17(20(26)27)22-12-15/h3-8,12-13H,9-11H2,1-2H3,(H,21,24)(H,23,25)(H,26,27). The van der Waals surface area contributed by atoms with Crippen molar-refractivity contribution in [3.63, 3.8) is 0 Å². The van der Waals surface area contributed by atoms with Gasteiger partial charge in [0, 0.05) is 19.2 Å². The number of carbonyl (C=O) groups is 3. The molecule has 0 saturated heterocycles. The topological polar surface area (TPSA) is 143 Å². The number of hydrogen-bond donors (Lipinski definition) is 3. The number of aromatic carboxylic acids is 1. The van der Waals surface area contributed by atoms with E-state index in [2.05, 4.69) is 10.3 Å². The second-order valence-electron chi connectivity index (χ2n) is 7.01. The normalized spacial score (nSPS) is 11.2. The van der Waals surface area contributed by atoms with E-state index in [0.29, 0.717) is 19.4 Å². The minimum absolute atomic E-state index is 0.0298. The third-order valence-corrected chi connectivity index (χ3v) is 5.38. The summed E-state index contributed by atoms with van der Waals surface area (Å²) in [7, 11) is -4.11. The SMILES string of the molecule is CC(C)CC(=O)NCCc1ccc(S(=O)(=O)NC(=O)c2ccc(C(=O)O)nc2)cc1. The van der Waals surface area contributed by atoms with Gasteiger partial charge in [0.05, 0.1) is 10.5 Å². The van der Waals surface area contributed by atoms with E-state index in [1.165, 1.54) is 18.2 Å². The molecule has 2 amide bonds. The van der Waals surface area contributed by atoms with Crippen LogP contribution >= 0.6 is 0 Å². The van der Waals surface area contributed by atoms with E-state index in [1.807, 2.05) is 18.6 Å². The molecule has 0 fully saturated rings. The molecule has 2 aromatic rings. The predicted octanol–water partition coefficient (Wildman–Crippen LogP) is 1.60. The van der Waals surface area contributed by atoms with Crippen molar-refractivity contribution < 1.29 is 27.9 Å². The van der Waals surface area contributed by atoms with Gasteiger partial charge < -0.3 is 10.4 Å². The molecule has 160 valence electrons. The number of nitrogens with zero attached hydrogens (tertiary/aromatic N) is 1. The van der Waals surface area contributed by atoms with E-state index in [0.717, 1.165) is 17.8 Å². The lowest BCUT2D eigenvalue weighted by molar-refractivity contribution is -0.121. The average molecular weight is 433 g/mol. The Kier molecular flexibility index (Phi) is 7.65. The molecule has 1 aromatic carbocycles. The van der Waals surface area contributed by atoms with Gasteiger partial charge in [0.2, 0.25) is 5.91 Å². The summed E-state index contributed by atoms with van der Waals surface area (Å²) in [6.45, 7) is 4.35. The van der Waals surface area contributed by atoms with E-state index in [9.17, 15) is 22.8 Å². The van der Waals surface area contributed by atoms with Crippen molar-refractivity contribution >= 4 is 27.8 Å². The van der Waals surface area contributed by atoms with Crippen LogP contribution in [0.15, 0.2) is 47.5 Å². The number of pyridine rings is 1. The molecule has 0 atom stereocenters. The van der Waals surface area contributed by atoms with Crippen LogP contribution in [-0.4, -0.2) is 42.8 Å². The highest BCUT2D eigenvalue weighted by Crippen LogP contribution is 2.12. The number of rotatable bonds is 9. The zero-order valence-electron chi connectivity index (χ0n) is 16.6. The highest BCUT2D eigenvalue weighted by molar-refractivity contribution is 7.90. The Labute approximate surface area is 174 Å².